The van der Waals surface area contributed by atoms with Gasteiger partial charge in [0.1, 0.15) is 11.5 Å². The van der Waals surface area contributed by atoms with E-state index in [0.717, 1.165) is 30.8 Å². The first-order chi connectivity index (χ1) is 11.1. The summed E-state index contributed by atoms with van der Waals surface area (Å²) in [5, 5.41) is 0.542. The van der Waals surface area contributed by atoms with Crippen molar-refractivity contribution in [3.8, 4) is 11.5 Å². The number of ether oxygens (including phenoxy) is 2. The number of benzene rings is 1. The maximum atomic E-state index is 13.0. The quantitative estimate of drug-likeness (QED) is 0.820. The van der Waals surface area contributed by atoms with Crippen LogP contribution in [0.25, 0.3) is 0 Å². The van der Waals surface area contributed by atoms with Crippen LogP contribution in [0.1, 0.15) is 42.1 Å². The van der Waals surface area contributed by atoms with Crippen molar-refractivity contribution in [1.29, 1.82) is 0 Å². The van der Waals surface area contributed by atoms with E-state index in [9.17, 15) is 4.79 Å². The summed E-state index contributed by atoms with van der Waals surface area (Å²) < 4.78 is 10.8. The Morgan fingerprint density at radius 2 is 1.91 bits per heavy atom. The number of amides is 1. The van der Waals surface area contributed by atoms with Gasteiger partial charge in [-0.1, -0.05) is 13.3 Å². The average Bonchev–Trinajstić information content (AvgIpc) is 2.80. The summed E-state index contributed by atoms with van der Waals surface area (Å²) in [5.41, 5.74) is 1.56. The Bertz CT molecular complexity index is 522. The highest BCUT2D eigenvalue weighted by Gasteiger charge is 2.24. The Labute approximate surface area is 143 Å². The second-order valence-electron chi connectivity index (χ2n) is 5.83. The van der Waals surface area contributed by atoms with E-state index >= 15 is 0 Å². The van der Waals surface area contributed by atoms with Crippen molar-refractivity contribution in [2.75, 3.05) is 33.1 Å². The molecule has 1 atom stereocenters. The van der Waals surface area contributed by atoms with Gasteiger partial charge in [-0.05, 0) is 37.7 Å². The van der Waals surface area contributed by atoms with E-state index in [1.807, 2.05) is 35.7 Å². The van der Waals surface area contributed by atoms with E-state index in [1.54, 1.807) is 14.2 Å². The molecule has 0 aromatic heterocycles. The largest absolute Gasteiger partial charge is 0.496 e. The molecule has 0 aliphatic carbocycles. The number of carbonyl (C=O) groups excluding carboxylic acids is 1. The van der Waals surface area contributed by atoms with Gasteiger partial charge in [0, 0.05) is 29.5 Å². The highest BCUT2D eigenvalue weighted by molar-refractivity contribution is 7.99. The number of nitrogens with zero attached hydrogens (tertiary/aromatic N) is 1. The van der Waals surface area contributed by atoms with Crippen LogP contribution in [0.2, 0.25) is 0 Å². The number of hydrogen-bond donors (Lipinski definition) is 0. The van der Waals surface area contributed by atoms with Gasteiger partial charge in [-0.25, -0.2) is 0 Å². The monoisotopic (exact) mass is 337 g/mol. The second-order valence-corrected chi connectivity index (χ2v) is 7.41. The van der Waals surface area contributed by atoms with Gasteiger partial charge in [0.2, 0.25) is 0 Å². The summed E-state index contributed by atoms with van der Waals surface area (Å²) in [6.45, 7) is 5.77. The molecule has 1 heterocycles. The van der Waals surface area contributed by atoms with Crippen LogP contribution in [0.4, 0.5) is 0 Å². The number of carbonyl (C=O) groups is 1. The van der Waals surface area contributed by atoms with E-state index in [0.29, 0.717) is 22.3 Å². The molecule has 0 saturated carbocycles. The third-order valence-electron chi connectivity index (χ3n) is 4.32. The fourth-order valence-electron chi connectivity index (χ4n) is 3.05. The van der Waals surface area contributed by atoms with Crippen LogP contribution in [0, 0.1) is 6.92 Å². The van der Waals surface area contributed by atoms with Crippen LogP contribution in [0.5, 0.6) is 11.5 Å². The van der Waals surface area contributed by atoms with Gasteiger partial charge in [0.05, 0.1) is 14.2 Å². The van der Waals surface area contributed by atoms with Gasteiger partial charge >= 0.3 is 0 Å². The van der Waals surface area contributed by atoms with Crippen molar-refractivity contribution in [1.82, 2.24) is 4.90 Å². The number of hydrogen-bond acceptors (Lipinski definition) is 4. The molecule has 1 unspecified atom stereocenters. The Hall–Kier alpha value is -1.36. The predicted molar refractivity (Wildman–Crippen MR) is 96.0 cm³/mol. The summed E-state index contributed by atoms with van der Waals surface area (Å²) in [6.07, 6.45) is 3.47. The van der Waals surface area contributed by atoms with Crippen molar-refractivity contribution in [2.45, 2.75) is 38.4 Å². The zero-order chi connectivity index (χ0) is 16.8. The molecule has 0 N–H and O–H groups in total. The molecule has 5 heteroatoms. The van der Waals surface area contributed by atoms with Crippen LogP contribution in [-0.4, -0.2) is 49.1 Å². The minimum atomic E-state index is 0.0743. The molecule has 0 radical (unpaired) electrons. The molecule has 1 aliphatic rings. The predicted octanol–water partition coefficient (Wildman–Crippen LogP) is 3.76. The molecule has 1 aliphatic heterocycles. The smallest absolute Gasteiger partial charge is 0.254 e. The van der Waals surface area contributed by atoms with Crippen molar-refractivity contribution < 1.29 is 14.3 Å². The highest BCUT2D eigenvalue weighted by Crippen LogP contribution is 2.31. The number of rotatable bonds is 5. The fraction of sp³-hybridized carbons (Fsp3) is 0.611. The molecule has 2 rings (SSSR count). The molecule has 23 heavy (non-hydrogen) atoms. The van der Waals surface area contributed by atoms with Gasteiger partial charge in [0.15, 0.2) is 0 Å². The lowest BCUT2D eigenvalue weighted by Crippen LogP contribution is -2.35. The third kappa shape index (κ3) is 4.34. The van der Waals surface area contributed by atoms with Crippen molar-refractivity contribution in [3.63, 3.8) is 0 Å². The summed E-state index contributed by atoms with van der Waals surface area (Å²) in [7, 11) is 3.24. The summed E-state index contributed by atoms with van der Waals surface area (Å²) in [5.74, 6) is 2.56. The zero-order valence-electron chi connectivity index (χ0n) is 14.6. The third-order valence-corrected chi connectivity index (χ3v) is 5.51. The van der Waals surface area contributed by atoms with Crippen molar-refractivity contribution in [2.24, 2.45) is 0 Å². The topological polar surface area (TPSA) is 38.8 Å². The molecule has 128 valence electrons. The Morgan fingerprint density at radius 3 is 2.48 bits per heavy atom. The minimum absolute atomic E-state index is 0.0743. The number of thioether (sulfide) groups is 1. The SMILES string of the molecule is CCSC1CCCCN(C(=O)c2cc(OC)c(C)c(OC)c2)C1. The molecule has 1 saturated heterocycles. The first kappa shape index (κ1) is 18.0. The van der Waals surface area contributed by atoms with Crippen LogP contribution in [0.15, 0.2) is 12.1 Å². The van der Waals surface area contributed by atoms with Crippen LogP contribution in [0.3, 0.4) is 0 Å². The number of likely N-dealkylation sites (tertiary alicyclic amines) is 1. The van der Waals surface area contributed by atoms with E-state index < -0.39 is 0 Å². The highest BCUT2D eigenvalue weighted by atomic mass is 32.2. The van der Waals surface area contributed by atoms with E-state index in [4.69, 9.17) is 9.47 Å². The van der Waals surface area contributed by atoms with Gasteiger partial charge in [-0.2, -0.15) is 11.8 Å². The Morgan fingerprint density at radius 1 is 1.26 bits per heavy atom. The lowest BCUT2D eigenvalue weighted by Gasteiger charge is -2.25. The van der Waals surface area contributed by atoms with E-state index in [1.165, 1.54) is 12.8 Å². The van der Waals surface area contributed by atoms with Gasteiger partial charge in [-0.15, -0.1) is 0 Å². The van der Waals surface area contributed by atoms with E-state index in [-0.39, 0.29) is 5.91 Å². The average molecular weight is 337 g/mol. The molecular formula is C18H27NO3S. The Kier molecular flexibility index (Phi) is 6.63. The van der Waals surface area contributed by atoms with Crippen molar-refractivity contribution in [3.05, 3.63) is 23.3 Å². The molecule has 0 bridgehead atoms. The van der Waals surface area contributed by atoms with Crippen molar-refractivity contribution >= 4 is 17.7 Å². The normalized spacial score (nSPS) is 18.4. The van der Waals surface area contributed by atoms with Crippen LogP contribution >= 0.6 is 11.8 Å². The molecule has 4 nitrogen and oxygen atoms in total. The minimum Gasteiger partial charge on any atom is -0.496 e. The summed E-state index contributed by atoms with van der Waals surface area (Å²) in [6, 6.07) is 3.65. The summed E-state index contributed by atoms with van der Waals surface area (Å²) in [4.78, 5) is 14.9. The first-order valence-electron chi connectivity index (χ1n) is 8.24. The van der Waals surface area contributed by atoms with Crippen LogP contribution < -0.4 is 9.47 Å². The van der Waals surface area contributed by atoms with Crippen LogP contribution in [-0.2, 0) is 0 Å². The van der Waals surface area contributed by atoms with Gasteiger partial charge in [-0.3, -0.25) is 4.79 Å². The lowest BCUT2D eigenvalue weighted by atomic mass is 10.1. The molecule has 1 aromatic carbocycles. The maximum absolute atomic E-state index is 13.0. The number of methoxy groups -OCH3 is 2. The second kappa shape index (κ2) is 8.48. The molecular weight excluding hydrogens is 310 g/mol. The molecule has 1 fully saturated rings. The standard InChI is InChI=1S/C18H27NO3S/c1-5-23-15-8-6-7-9-19(12-15)18(20)14-10-16(21-3)13(2)17(11-14)22-4/h10-11,15H,5-9,12H2,1-4H3. The summed E-state index contributed by atoms with van der Waals surface area (Å²) >= 11 is 1.96. The van der Waals surface area contributed by atoms with Gasteiger partial charge in [0.25, 0.3) is 5.91 Å². The lowest BCUT2D eigenvalue weighted by molar-refractivity contribution is 0.0762. The molecule has 1 aromatic rings. The fourth-order valence-corrected chi connectivity index (χ4v) is 4.14. The first-order valence-corrected chi connectivity index (χ1v) is 9.29. The molecule has 0 spiro atoms. The van der Waals surface area contributed by atoms with Gasteiger partial charge < -0.3 is 14.4 Å². The Balaban J connectivity index is 2.24. The zero-order valence-corrected chi connectivity index (χ0v) is 15.4. The molecule has 1 amide bonds. The maximum Gasteiger partial charge on any atom is 0.254 e. The van der Waals surface area contributed by atoms with E-state index in [2.05, 4.69) is 6.92 Å².